The Kier molecular flexibility index (Phi) is 4.15. The molecule has 9 heteroatoms. The van der Waals surface area contributed by atoms with Crippen molar-refractivity contribution in [2.75, 3.05) is 5.73 Å². The van der Waals surface area contributed by atoms with E-state index in [2.05, 4.69) is 15.0 Å². The summed E-state index contributed by atoms with van der Waals surface area (Å²) < 4.78 is 44.7. The molecule has 0 fully saturated rings. The van der Waals surface area contributed by atoms with Gasteiger partial charge in [-0.15, -0.1) is 0 Å². The molecule has 0 saturated carbocycles. The summed E-state index contributed by atoms with van der Waals surface area (Å²) in [5.74, 6) is 0.819. The number of halogens is 3. The molecule has 2 aromatic heterocycles. The first-order valence-corrected chi connectivity index (χ1v) is 8.54. The van der Waals surface area contributed by atoms with Crippen molar-refractivity contribution in [3.8, 4) is 22.9 Å². The van der Waals surface area contributed by atoms with Gasteiger partial charge in [0.1, 0.15) is 12.1 Å². The van der Waals surface area contributed by atoms with E-state index in [-0.39, 0.29) is 5.88 Å². The number of rotatable bonds is 3. The Morgan fingerprint density at radius 3 is 2.48 bits per heavy atom. The van der Waals surface area contributed by atoms with Gasteiger partial charge in [-0.25, -0.2) is 15.0 Å². The zero-order valence-corrected chi connectivity index (χ0v) is 14.4. The molecule has 0 spiro atoms. The van der Waals surface area contributed by atoms with Gasteiger partial charge in [0.2, 0.25) is 5.88 Å². The van der Waals surface area contributed by atoms with Gasteiger partial charge in [-0.2, -0.15) is 13.2 Å². The fourth-order valence-corrected chi connectivity index (χ4v) is 3.25. The maximum Gasteiger partial charge on any atom is 0.416 e. The topological polar surface area (TPSA) is 73.9 Å². The lowest BCUT2D eigenvalue weighted by Gasteiger charge is -2.08. The molecule has 0 aliphatic rings. The Hall–Kier alpha value is -3.20. The highest BCUT2D eigenvalue weighted by molar-refractivity contribution is 7.22. The number of hydrogen-bond acceptors (Lipinski definition) is 6. The van der Waals surface area contributed by atoms with E-state index in [0.29, 0.717) is 22.1 Å². The predicted molar refractivity (Wildman–Crippen MR) is 96.6 cm³/mol. The van der Waals surface area contributed by atoms with Gasteiger partial charge in [0, 0.05) is 17.7 Å². The number of nitrogens with two attached hydrogens (primary N) is 1. The Morgan fingerprint density at radius 2 is 1.74 bits per heavy atom. The van der Waals surface area contributed by atoms with Gasteiger partial charge in [0.05, 0.1) is 21.5 Å². The van der Waals surface area contributed by atoms with Crippen LogP contribution in [0.25, 0.3) is 21.5 Å². The Morgan fingerprint density at radius 1 is 0.963 bits per heavy atom. The number of nitrogen functional groups attached to an aromatic ring is 1. The van der Waals surface area contributed by atoms with Crippen LogP contribution in [0.3, 0.4) is 0 Å². The molecule has 0 aliphatic carbocycles. The first-order valence-electron chi connectivity index (χ1n) is 7.72. The van der Waals surface area contributed by atoms with Crippen molar-refractivity contribution in [2.24, 2.45) is 0 Å². The molecule has 0 saturated heterocycles. The van der Waals surface area contributed by atoms with Crippen molar-refractivity contribution in [3.63, 3.8) is 0 Å². The summed E-state index contributed by atoms with van der Waals surface area (Å²) in [6, 6.07) is 11.6. The average molecular weight is 388 g/mol. The van der Waals surface area contributed by atoms with Crippen LogP contribution < -0.4 is 10.5 Å². The smallest absolute Gasteiger partial charge is 0.416 e. The Balaban J connectivity index is 1.59. The van der Waals surface area contributed by atoms with Crippen molar-refractivity contribution in [3.05, 3.63) is 60.4 Å². The number of thiazole rings is 1. The van der Waals surface area contributed by atoms with Gasteiger partial charge in [0.15, 0.2) is 5.13 Å². The summed E-state index contributed by atoms with van der Waals surface area (Å²) in [6.07, 6.45) is -3.08. The fourth-order valence-electron chi connectivity index (χ4n) is 2.49. The lowest BCUT2D eigenvalue weighted by molar-refractivity contribution is -0.137. The van der Waals surface area contributed by atoms with Crippen molar-refractivity contribution < 1.29 is 17.9 Å². The van der Waals surface area contributed by atoms with Crippen LogP contribution in [0.2, 0.25) is 0 Å². The van der Waals surface area contributed by atoms with Crippen LogP contribution in [-0.2, 0) is 6.18 Å². The molecule has 0 bridgehead atoms. The first-order chi connectivity index (χ1) is 12.9. The largest absolute Gasteiger partial charge is 0.439 e. The van der Waals surface area contributed by atoms with Gasteiger partial charge in [-0.3, -0.25) is 0 Å². The third kappa shape index (κ3) is 3.68. The zero-order chi connectivity index (χ0) is 19.0. The van der Waals surface area contributed by atoms with Gasteiger partial charge in [-0.1, -0.05) is 23.5 Å². The van der Waals surface area contributed by atoms with E-state index in [1.165, 1.54) is 29.8 Å². The van der Waals surface area contributed by atoms with E-state index in [1.54, 1.807) is 24.3 Å². The van der Waals surface area contributed by atoms with E-state index >= 15 is 0 Å². The summed E-state index contributed by atoms with van der Waals surface area (Å²) in [4.78, 5) is 12.3. The standard InChI is InChI=1S/C18H11F3N4OS/c19-18(20,21)11-3-1-10(2-4-11)14-8-16(24-9-23-14)26-12-5-6-13-15(7-12)27-17(22)25-13/h1-9H,(H2,22,25). The first kappa shape index (κ1) is 17.2. The van der Waals surface area contributed by atoms with Crippen LogP contribution in [0, 0.1) is 0 Å². The Bertz CT molecular complexity index is 1110. The van der Waals surface area contributed by atoms with Crippen molar-refractivity contribution in [2.45, 2.75) is 6.18 Å². The highest BCUT2D eigenvalue weighted by atomic mass is 32.1. The van der Waals surface area contributed by atoms with Crippen molar-refractivity contribution in [1.82, 2.24) is 15.0 Å². The summed E-state index contributed by atoms with van der Waals surface area (Å²) in [5.41, 5.74) is 6.74. The molecule has 5 nitrogen and oxygen atoms in total. The number of ether oxygens (including phenoxy) is 1. The monoisotopic (exact) mass is 388 g/mol. The van der Waals surface area contributed by atoms with E-state index < -0.39 is 11.7 Å². The van der Waals surface area contributed by atoms with Gasteiger partial charge >= 0.3 is 6.18 Å². The molecule has 2 N–H and O–H groups in total. The minimum absolute atomic E-state index is 0.275. The molecule has 0 amide bonds. The normalized spacial score (nSPS) is 11.7. The molecule has 0 unspecified atom stereocenters. The van der Waals surface area contributed by atoms with E-state index in [4.69, 9.17) is 10.5 Å². The van der Waals surface area contributed by atoms with E-state index in [0.717, 1.165) is 22.3 Å². The molecular weight excluding hydrogens is 377 g/mol. The second kappa shape index (κ2) is 6.51. The molecule has 0 atom stereocenters. The summed E-state index contributed by atoms with van der Waals surface area (Å²) in [7, 11) is 0. The van der Waals surface area contributed by atoms with Crippen LogP contribution in [-0.4, -0.2) is 15.0 Å². The van der Waals surface area contributed by atoms with Crippen LogP contribution in [0.5, 0.6) is 11.6 Å². The Labute approximate surface area is 155 Å². The SMILES string of the molecule is Nc1nc2ccc(Oc3cc(-c4ccc(C(F)(F)F)cc4)ncn3)cc2s1. The summed E-state index contributed by atoms with van der Waals surface area (Å²) in [6.45, 7) is 0. The second-order valence-corrected chi connectivity index (χ2v) is 6.66. The van der Waals surface area contributed by atoms with Crippen LogP contribution in [0.1, 0.15) is 5.56 Å². The highest BCUT2D eigenvalue weighted by Crippen LogP contribution is 2.32. The van der Waals surface area contributed by atoms with Crippen molar-refractivity contribution >= 4 is 26.7 Å². The fraction of sp³-hybridized carbons (Fsp3) is 0.0556. The molecular formula is C18H11F3N4OS. The number of fused-ring (bicyclic) bond motifs is 1. The second-order valence-electron chi connectivity index (χ2n) is 5.60. The number of anilines is 1. The summed E-state index contributed by atoms with van der Waals surface area (Å²) >= 11 is 1.34. The maximum atomic E-state index is 12.7. The quantitative estimate of drug-likeness (QED) is 0.526. The molecule has 136 valence electrons. The minimum atomic E-state index is -4.38. The molecule has 4 aromatic rings. The number of nitrogens with zero attached hydrogens (tertiary/aromatic N) is 3. The lowest BCUT2D eigenvalue weighted by atomic mass is 10.1. The third-order valence-electron chi connectivity index (χ3n) is 3.75. The molecule has 2 heterocycles. The van der Waals surface area contributed by atoms with Gasteiger partial charge in [0.25, 0.3) is 0 Å². The molecule has 0 radical (unpaired) electrons. The molecule has 0 aliphatic heterocycles. The van der Waals surface area contributed by atoms with E-state index in [9.17, 15) is 13.2 Å². The highest BCUT2D eigenvalue weighted by Gasteiger charge is 2.30. The zero-order valence-electron chi connectivity index (χ0n) is 13.6. The van der Waals surface area contributed by atoms with Gasteiger partial charge < -0.3 is 10.5 Å². The number of aromatic nitrogens is 3. The number of hydrogen-bond donors (Lipinski definition) is 1. The molecule has 27 heavy (non-hydrogen) atoms. The average Bonchev–Trinajstić information content (AvgIpc) is 3.01. The van der Waals surface area contributed by atoms with E-state index in [1.807, 2.05) is 0 Å². The van der Waals surface area contributed by atoms with Crippen LogP contribution >= 0.6 is 11.3 Å². The number of alkyl halides is 3. The number of benzene rings is 2. The van der Waals surface area contributed by atoms with Gasteiger partial charge in [-0.05, 0) is 24.3 Å². The van der Waals surface area contributed by atoms with Crippen LogP contribution in [0.4, 0.5) is 18.3 Å². The maximum absolute atomic E-state index is 12.7. The minimum Gasteiger partial charge on any atom is -0.439 e. The predicted octanol–water partition coefficient (Wildman–Crippen LogP) is 5.15. The summed E-state index contributed by atoms with van der Waals surface area (Å²) in [5, 5.41) is 0.466. The third-order valence-corrected chi connectivity index (χ3v) is 4.60. The van der Waals surface area contributed by atoms with Crippen LogP contribution in [0.15, 0.2) is 54.9 Å². The molecule has 4 rings (SSSR count). The molecule has 2 aromatic carbocycles. The lowest BCUT2D eigenvalue weighted by Crippen LogP contribution is -2.04. The van der Waals surface area contributed by atoms with Crippen molar-refractivity contribution in [1.29, 1.82) is 0 Å².